The van der Waals surface area contributed by atoms with E-state index < -0.39 is 0 Å². The van der Waals surface area contributed by atoms with E-state index in [0.29, 0.717) is 5.57 Å². The number of nitrogens with zero attached hydrogens (tertiary/aromatic N) is 4. The first-order chi connectivity index (χ1) is 13.3. The Kier molecular flexibility index (Phi) is 9.44. The number of hydrogen-bond donors (Lipinski definition) is 2. The third-order valence-electron chi connectivity index (χ3n) is 4.21. The number of tetrazole rings is 1. The molecule has 0 amide bonds. The number of nitrogens with one attached hydrogen (secondary N) is 2. The van der Waals surface area contributed by atoms with Gasteiger partial charge in [-0.05, 0) is 35.9 Å². The van der Waals surface area contributed by atoms with Gasteiger partial charge in [0.15, 0.2) is 0 Å². The first-order valence-corrected chi connectivity index (χ1v) is 9.67. The largest absolute Gasteiger partial charge is 0.494 e. The molecular weight excluding hydrogens is 340 g/mol. The lowest BCUT2D eigenvalue weighted by atomic mass is 10.1. The fourth-order valence-corrected chi connectivity index (χ4v) is 2.65. The lowest BCUT2D eigenvalue weighted by Crippen LogP contribution is -1.98. The van der Waals surface area contributed by atoms with Gasteiger partial charge < -0.3 is 10.1 Å². The zero-order valence-electron chi connectivity index (χ0n) is 15.9. The molecule has 1 aromatic carbocycles. The van der Waals surface area contributed by atoms with Crippen molar-refractivity contribution in [2.45, 2.75) is 58.3 Å². The highest BCUT2D eigenvalue weighted by atomic mass is 16.5. The molecule has 0 atom stereocenters. The van der Waals surface area contributed by atoms with Crippen molar-refractivity contribution in [1.29, 1.82) is 5.26 Å². The summed E-state index contributed by atoms with van der Waals surface area (Å²) in [5.74, 6) is 1.11. The van der Waals surface area contributed by atoms with Crippen LogP contribution in [0.2, 0.25) is 0 Å². The molecule has 0 bridgehead atoms. The average Bonchev–Trinajstić information content (AvgIpc) is 3.23. The van der Waals surface area contributed by atoms with Crippen LogP contribution in [-0.4, -0.2) is 27.2 Å². The van der Waals surface area contributed by atoms with Gasteiger partial charge in [0.2, 0.25) is 5.82 Å². The van der Waals surface area contributed by atoms with E-state index in [-0.39, 0.29) is 5.82 Å². The van der Waals surface area contributed by atoms with Crippen LogP contribution in [0.5, 0.6) is 5.75 Å². The van der Waals surface area contributed by atoms with Gasteiger partial charge in [0, 0.05) is 11.9 Å². The van der Waals surface area contributed by atoms with E-state index in [9.17, 15) is 0 Å². The lowest BCUT2D eigenvalue weighted by Gasteiger charge is -2.07. The molecule has 0 aliphatic heterocycles. The number of benzene rings is 1. The summed E-state index contributed by atoms with van der Waals surface area (Å²) in [4.78, 5) is 0. The Balaban J connectivity index is 1.64. The maximum absolute atomic E-state index is 9.13. The molecule has 1 aromatic heterocycles. The van der Waals surface area contributed by atoms with Crippen molar-refractivity contribution in [3.63, 3.8) is 0 Å². The quantitative estimate of drug-likeness (QED) is 0.393. The van der Waals surface area contributed by atoms with Crippen LogP contribution >= 0.6 is 0 Å². The van der Waals surface area contributed by atoms with Gasteiger partial charge in [-0.3, -0.25) is 0 Å². The number of aromatic nitrogens is 4. The molecule has 0 radical (unpaired) electrons. The molecule has 7 heteroatoms. The second kappa shape index (κ2) is 12.5. The molecule has 0 saturated carbocycles. The van der Waals surface area contributed by atoms with Crippen LogP contribution in [0, 0.1) is 11.3 Å². The van der Waals surface area contributed by atoms with Gasteiger partial charge in [-0.2, -0.15) is 10.5 Å². The van der Waals surface area contributed by atoms with Gasteiger partial charge >= 0.3 is 0 Å². The number of unbranched alkanes of at least 4 members (excludes halogenated alkanes) is 7. The van der Waals surface area contributed by atoms with Gasteiger partial charge in [-0.15, -0.1) is 10.2 Å². The van der Waals surface area contributed by atoms with Crippen LogP contribution in [0.3, 0.4) is 0 Å². The van der Waals surface area contributed by atoms with Gasteiger partial charge in [-0.25, -0.2) is 0 Å². The van der Waals surface area contributed by atoms with Crippen molar-refractivity contribution in [3.8, 4) is 11.8 Å². The maximum atomic E-state index is 9.13. The van der Waals surface area contributed by atoms with Crippen molar-refractivity contribution in [2.75, 3.05) is 11.9 Å². The smallest absolute Gasteiger partial charge is 0.216 e. The number of anilines is 1. The van der Waals surface area contributed by atoms with Crippen LogP contribution in [0.25, 0.3) is 5.57 Å². The number of nitriles is 1. The summed E-state index contributed by atoms with van der Waals surface area (Å²) in [6.07, 6.45) is 11.9. The van der Waals surface area contributed by atoms with Crippen molar-refractivity contribution >= 4 is 11.3 Å². The molecule has 0 saturated heterocycles. The van der Waals surface area contributed by atoms with Crippen molar-refractivity contribution in [3.05, 3.63) is 36.3 Å². The third kappa shape index (κ3) is 7.90. The summed E-state index contributed by atoms with van der Waals surface area (Å²) < 4.78 is 5.78. The minimum absolute atomic E-state index is 0.260. The highest BCUT2D eigenvalue weighted by Crippen LogP contribution is 2.17. The van der Waals surface area contributed by atoms with Crippen LogP contribution < -0.4 is 10.1 Å². The SMILES string of the molecule is CCCCCCCCCCOc1ccc(NC=C(C#N)c2nn[nH]n2)cc1. The predicted molar refractivity (Wildman–Crippen MR) is 106 cm³/mol. The zero-order chi connectivity index (χ0) is 19.2. The second-order valence-corrected chi connectivity index (χ2v) is 6.40. The number of hydrogen-bond acceptors (Lipinski definition) is 6. The second-order valence-electron chi connectivity index (χ2n) is 6.40. The molecule has 2 aromatic rings. The van der Waals surface area contributed by atoms with E-state index in [4.69, 9.17) is 10.00 Å². The van der Waals surface area contributed by atoms with E-state index >= 15 is 0 Å². The van der Waals surface area contributed by atoms with Crippen LogP contribution in [0.4, 0.5) is 5.69 Å². The standard InChI is InChI=1S/C20H28N6O/c1-2-3-4-5-6-7-8-9-14-27-19-12-10-18(11-13-19)22-16-17(15-21)20-23-25-26-24-20/h10-13,16,22H,2-9,14H2,1H3,(H,23,24,25,26). The molecule has 0 spiro atoms. The average molecular weight is 368 g/mol. The molecule has 7 nitrogen and oxygen atoms in total. The molecular formula is C20H28N6O. The van der Waals surface area contributed by atoms with Gasteiger partial charge in [-0.1, -0.05) is 51.9 Å². The van der Waals surface area contributed by atoms with Crippen molar-refractivity contribution in [2.24, 2.45) is 0 Å². The highest BCUT2D eigenvalue weighted by Gasteiger charge is 2.05. The summed E-state index contributed by atoms with van der Waals surface area (Å²) in [5, 5.41) is 25.5. The van der Waals surface area contributed by atoms with Crippen LogP contribution in [0.1, 0.15) is 64.1 Å². The predicted octanol–water partition coefficient (Wildman–Crippen LogP) is 4.70. The molecule has 0 fully saturated rings. The maximum Gasteiger partial charge on any atom is 0.216 e. The lowest BCUT2D eigenvalue weighted by molar-refractivity contribution is 0.304. The first kappa shape index (κ1) is 20.4. The summed E-state index contributed by atoms with van der Waals surface area (Å²) in [6, 6.07) is 9.68. The molecule has 2 N–H and O–H groups in total. The Morgan fingerprint density at radius 1 is 1.11 bits per heavy atom. The number of allylic oxidation sites excluding steroid dienone is 1. The number of H-pyrrole nitrogens is 1. The Morgan fingerprint density at radius 3 is 2.44 bits per heavy atom. The van der Waals surface area contributed by atoms with Crippen molar-refractivity contribution in [1.82, 2.24) is 20.6 Å². The van der Waals surface area contributed by atoms with Gasteiger partial charge in [0.25, 0.3) is 0 Å². The fraction of sp³-hybridized carbons (Fsp3) is 0.500. The van der Waals surface area contributed by atoms with E-state index in [2.05, 4.69) is 32.9 Å². The van der Waals surface area contributed by atoms with Crippen LogP contribution in [0.15, 0.2) is 30.5 Å². The Hall–Kier alpha value is -2.88. The van der Waals surface area contributed by atoms with E-state index in [1.165, 1.54) is 44.9 Å². The highest BCUT2D eigenvalue weighted by molar-refractivity contribution is 5.74. The summed E-state index contributed by atoms with van der Waals surface area (Å²) in [5.41, 5.74) is 1.16. The Labute approximate surface area is 160 Å². The molecule has 27 heavy (non-hydrogen) atoms. The normalized spacial score (nSPS) is 11.2. The summed E-state index contributed by atoms with van der Waals surface area (Å²) in [7, 11) is 0. The third-order valence-corrected chi connectivity index (χ3v) is 4.21. The zero-order valence-corrected chi connectivity index (χ0v) is 15.9. The van der Waals surface area contributed by atoms with E-state index in [0.717, 1.165) is 24.5 Å². The minimum atomic E-state index is 0.260. The number of rotatable bonds is 13. The van der Waals surface area contributed by atoms with E-state index in [1.54, 1.807) is 6.20 Å². The van der Waals surface area contributed by atoms with Crippen LogP contribution in [-0.2, 0) is 0 Å². The molecule has 0 aliphatic carbocycles. The summed E-state index contributed by atoms with van der Waals surface area (Å²) >= 11 is 0. The molecule has 144 valence electrons. The molecule has 1 heterocycles. The monoisotopic (exact) mass is 368 g/mol. The van der Waals surface area contributed by atoms with Crippen molar-refractivity contribution < 1.29 is 4.74 Å². The molecule has 0 unspecified atom stereocenters. The topological polar surface area (TPSA) is 99.5 Å². The van der Waals surface area contributed by atoms with Gasteiger partial charge in [0.1, 0.15) is 17.4 Å². The fourth-order valence-electron chi connectivity index (χ4n) is 2.65. The number of ether oxygens (including phenoxy) is 1. The Bertz CT molecular complexity index is 703. The summed E-state index contributed by atoms with van der Waals surface area (Å²) in [6.45, 7) is 2.99. The first-order valence-electron chi connectivity index (χ1n) is 9.67. The number of aromatic amines is 1. The molecule has 2 rings (SSSR count). The van der Waals surface area contributed by atoms with Gasteiger partial charge in [0.05, 0.1) is 6.61 Å². The Morgan fingerprint density at radius 2 is 1.81 bits per heavy atom. The minimum Gasteiger partial charge on any atom is -0.494 e. The molecule has 0 aliphatic rings. The van der Waals surface area contributed by atoms with E-state index in [1.807, 2.05) is 30.3 Å².